The summed E-state index contributed by atoms with van der Waals surface area (Å²) in [6.45, 7) is 6.23. The van der Waals surface area contributed by atoms with Crippen LogP contribution < -0.4 is 0 Å². The summed E-state index contributed by atoms with van der Waals surface area (Å²) in [4.78, 5) is 25.7. The van der Waals surface area contributed by atoms with Gasteiger partial charge in [0, 0.05) is 6.42 Å². The van der Waals surface area contributed by atoms with Crippen molar-refractivity contribution >= 4 is 11.6 Å². The molecule has 0 amide bonds. The molecule has 1 spiro atoms. The number of ether oxygens (including phenoxy) is 1. The fourth-order valence-electron chi connectivity index (χ4n) is 5.06. The van der Waals surface area contributed by atoms with Crippen LogP contribution in [0.1, 0.15) is 45.1 Å². The summed E-state index contributed by atoms with van der Waals surface area (Å²) >= 11 is 0. The highest BCUT2D eigenvalue weighted by atomic mass is 16.6. The predicted octanol–water partition coefficient (Wildman–Crippen LogP) is 2.89. The third kappa shape index (κ3) is 1.25. The monoisotopic (exact) mass is 284 g/mol. The maximum Gasteiger partial charge on any atom is 0.173 e. The number of carbonyl (C=O) groups is 2. The van der Waals surface area contributed by atoms with Crippen molar-refractivity contribution in [3.63, 3.8) is 0 Å². The second-order valence-electron chi connectivity index (χ2n) is 7.49. The highest BCUT2D eigenvalue weighted by Crippen LogP contribution is 2.74. The molecule has 4 atom stereocenters. The van der Waals surface area contributed by atoms with Crippen LogP contribution in [0, 0.1) is 10.8 Å². The molecule has 0 unspecified atom stereocenters. The first-order valence-electron chi connectivity index (χ1n) is 7.66. The van der Waals surface area contributed by atoms with E-state index in [1.807, 2.05) is 37.3 Å². The van der Waals surface area contributed by atoms with Crippen LogP contribution in [0.4, 0.5) is 0 Å². The lowest BCUT2D eigenvalue weighted by Gasteiger charge is -2.48. The van der Waals surface area contributed by atoms with Gasteiger partial charge in [-0.1, -0.05) is 44.2 Å². The molecule has 1 aromatic rings. The SMILES string of the molecule is CC1(C)CCC(=O)[C@@]2(C)[C@H](c3ccccc3)C(=O)[C@H]3O[C@@]312. The summed E-state index contributed by atoms with van der Waals surface area (Å²) in [5, 5.41) is 0. The second-order valence-corrected chi connectivity index (χ2v) is 7.49. The molecule has 2 aliphatic carbocycles. The summed E-state index contributed by atoms with van der Waals surface area (Å²) in [5.41, 5.74) is -0.504. The smallest absolute Gasteiger partial charge is 0.173 e. The molecule has 3 fully saturated rings. The Balaban J connectivity index is 1.92. The van der Waals surface area contributed by atoms with E-state index >= 15 is 0 Å². The molecular weight excluding hydrogens is 264 g/mol. The van der Waals surface area contributed by atoms with Gasteiger partial charge in [0.15, 0.2) is 5.78 Å². The van der Waals surface area contributed by atoms with E-state index < -0.39 is 17.1 Å². The molecule has 0 bridgehead atoms. The fraction of sp³-hybridized carbons (Fsp3) is 0.556. The van der Waals surface area contributed by atoms with Crippen molar-refractivity contribution in [2.24, 2.45) is 10.8 Å². The molecule has 1 saturated heterocycles. The molecule has 1 aliphatic heterocycles. The molecule has 1 aromatic carbocycles. The van der Waals surface area contributed by atoms with E-state index in [9.17, 15) is 9.59 Å². The normalized spacial score (nSPS) is 43.4. The number of rotatable bonds is 1. The van der Waals surface area contributed by atoms with E-state index in [2.05, 4.69) is 13.8 Å². The Bertz CT molecular complexity index is 648. The van der Waals surface area contributed by atoms with Gasteiger partial charge in [0.25, 0.3) is 0 Å². The minimum Gasteiger partial charge on any atom is -0.356 e. The second kappa shape index (κ2) is 3.64. The average Bonchev–Trinajstić information content (AvgIpc) is 3.18. The van der Waals surface area contributed by atoms with Gasteiger partial charge in [0.2, 0.25) is 0 Å². The van der Waals surface area contributed by atoms with Gasteiger partial charge in [-0.2, -0.15) is 0 Å². The Morgan fingerprint density at radius 2 is 1.76 bits per heavy atom. The molecule has 3 nitrogen and oxygen atoms in total. The molecule has 3 aliphatic rings. The number of hydrogen-bond donors (Lipinski definition) is 0. The Morgan fingerprint density at radius 3 is 2.43 bits per heavy atom. The first kappa shape index (κ1) is 13.2. The Morgan fingerprint density at radius 1 is 1.10 bits per heavy atom. The van der Waals surface area contributed by atoms with E-state index in [4.69, 9.17) is 4.74 Å². The zero-order valence-corrected chi connectivity index (χ0v) is 12.7. The van der Waals surface area contributed by atoms with E-state index in [0.29, 0.717) is 6.42 Å². The number of hydrogen-bond acceptors (Lipinski definition) is 3. The standard InChI is InChI=1S/C18H20O3/c1-16(2)10-9-12(19)17(3)13(11-7-5-4-6-8-11)14(20)15-18(16,17)21-15/h4-8,13,15H,9-10H2,1-3H3/t13-,15-,17+,18+/m1/s1. The van der Waals surface area contributed by atoms with Gasteiger partial charge in [-0.15, -0.1) is 0 Å². The van der Waals surface area contributed by atoms with Gasteiger partial charge in [-0.3, -0.25) is 9.59 Å². The summed E-state index contributed by atoms with van der Waals surface area (Å²) in [7, 11) is 0. The van der Waals surface area contributed by atoms with E-state index in [1.54, 1.807) is 0 Å². The van der Waals surface area contributed by atoms with Gasteiger partial charge in [0.1, 0.15) is 17.5 Å². The summed E-state index contributed by atoms with van der Waals surface area (Å²) in [5.74, 6) is -0.0828. The fourth-order valence-corrected chi connectivity index (χ4v) is 5.06. The number of ketones is 2. The van der Waals surface area contributed by atoms with Crippen LogP contribution in [0.15, 0.2) is 30.3 Å². The summed E-state index contributed by atoms with van der Waals surface area (Å²) < 4.78 is 5.93. The lowest BCUT2D eigenvalue weighted by atomic mass is 9.53. The van der Waals surface area contributed by atoms with Gasteiger partial charge in [-0.25, -0.2) is 0 Å². The molecule has 0 radical (unpaired) electrons. The van der Waals surface area contributed by atoms with Crippen molar-refractivity contribution in [3.8, 4) is 0 Å². The molecule has 21 heavy (non-hydrogen) atoms. The third-order valence-corrected chi connectivity index (χ3v) is 6.20. The van der Waals surface area contributed by atoms with Crippen molar-refractivity contribution in [2.45, 2.75) is 51.2 Å². The molecule has 110 valence electrons. The van der Waals surface area contributed by atoms with Crippen LogP contribution in [0.25, 0.3) is 0 Å². The molecule has 0 N–H and O–H groups in total. The number of Topliss-reactive ketones (excluding diaryl/α,β-unsaturated/α-hetero) is 2. The summed E-state index contributed by atoms with van der Waals surface area (Å²) in [6.07, 6.45) is 0.942. The summed E-state index contributed by atoms with van der Waals surface area (Å²) in [6, 6.07) is 9.72. The van der Waals surface area contributed by atoms with Crippen LogP contribution in [0.2, 0.25) is 0 Å². The number of benzene rings is 1. The van der Waals surface area contributed by atoms with Crippen molar-refractivity contribution in [2.75, 3.05) is 0 Å². The molecule has 3 heteroatoms. The van der Waals surface area contributed by atoms with Gasteiger partial charge >= 0.3 is 0 Å². The topological polar surface area (TPSA) is 46.7 Å². The van der Waals surface area contributed by atoms with Crippen LogP contribution in [-0.4, -0.2) is 23.3 Å². The minimum absolute atomic E-state index is 0.0898. The van der Waals surface area contributed by atoms with Gasteiger partial charge < -0.3 is 4.74 Å². The number of carbonyl (C=O) groups excluding carboxylic acids is 2. The van der Waals surface area contributed by atoms with Gasteiger partial charge in [-0.05, 0) is 24.3 Å². The first-order chi connectivity index (χ1) is 9.86. The largest absolute Gasteiger partial charge is 0.356 e. The van der Waals surface area contributed by atoms with E-state index in [1.165, 1.54) is 0 Å². The molecular formula is C18H20O3. The van der Waals surface area contributed by atoms with Crippen molar-refractivity contribution in [1.82, 2.24) is 0 Å². The first-order valence-corrected chi connectivity index (χ1v) is 7.66. The third-order valence-electron chi connectivity index (χ3n) is 6.20. The van der Waals surface area contributed by atoms with E-state index in [0.717, 1.165) is 12.0 Å². The van der Waals surface area contributed by atoms with Gasteiger partial charge in [0.05, 0.1) is 11.3 Å². The van der Waals surface area contributed by atoms with E-state index in [-0.39, 0.29) is 22.9 Å². The Hall–Kier alpha value is -1.48. The van der Waals surface area contributed by atoms with Crippen LogP contribution in [0.5, 0.6) is 0 Å². The molecule has 2 saturated carbocycles. The Kier molecular flexibility index (Phi) is 2.29. The quantitative estimate of drug-likeness (QED) is 0.745. The molecule has 4 rings (SSSR count). The maximum atomic E-state index is 12.9. The number of epoxide rings is 1. The minimum atomic E-state index is -0.724. The van der Waals surface area contributed by atoms with Crippen LogP contribution in [0.3, 0.4) is 0 Å². The predicted molar refractivity (Wildman–Crippen MR) is 77.9 cm³/mol. The zero-order valence-electron chi connectivity index (χ0n) is 12.7. The van der Waals surface area contributed by atoms with Crippen molar-refractivity contribution in [1.29, 1.82) is 0 Å². The van der Waals surface area contributed by atoms with Crippen molar-refractivity contribution in [3.05, 3.63) is 35.9 Å². The van der Waals surface area contributed by atoms with Crippen LogP contribution >= 0.6 is 0 Å². The Labute approximate surface area is 124 Å². The van der Waals surface area contributed by atoms with Crippen molar-refractivity contribution < 1.29 is 14.3 Å². The average molecular weight is 284 g/mol. The molecule has 0 aromatic heterocycles. The zero-order chi connectivity index (χ0) is 15.0. The highest BCUT2D eigenvalue weighted by molar-refractivity contribution is 6.07. The lowest BCUT2D eigenvalue weighted by Crippen LogP contribution is -2.56. The molecule has 1 heterocycles. The lowest BCUT2D eigenvalue weighted by molar-refractivity contribution is -0.148. The highest BCUT2D eigenvalue weighted by Gasteiger charge is 2.86. The van der Waals surface area contributed by atoms with Crippen LogP contribution in [-0.2, 0) is 14.3 Å². The maximum absolute atomic E-state index is 12.9.